The molecule has 1 aliphatic carbocycles. The molecule has 1 aliphatic rings. The molecule has 88 valence electrons. The van der Waals surface area contributed by atoms with Gasteiger partial charge in [0.05, 0.1) is 11.0 Å². The third-order valence-electron chi connectivity index (χ3n) is 3.25. The Morgan fingerprint density at radius 3 is 2.19 bits per heavy atom. The Balaban J connectivity index is 2.18. The number of sulfone groups is 1. The average Bonchev–Trinajstić information content (AvgIpc) is 2.14. The first-order chi connectivity index (χ1) is 7.48. The van der Waals surface area contributed by atoms with Crippen LogP contribution in [-0.2, 0) is 9.84 Å². The first-order valence-corrected chi connectivity index (χ1v) is 7.36. The molecule has 0 heterocycles. The van der Waals surface area contributed by atoms with Crippen molar-refractivity contribution >= 4 is 9.84 Å². The van der Waals surface area contributed by atoms with Gasteiger partial charge in [0.25, 0.3) is 0 Å². The predicted molar refractivity (Wildman–Crippen MR) is 61.9 cm³/mol. The van der Waals surface area contributed by atoms with Crippen LogP contribution in [0.5, 0.6) is 0 Å². The molecule has 0 spiro atoms. The van der Waals surface area contributed by atoms with Crippen molar-refractivity contribution in [3.8, 4) is 0 Å². The Morgan fingerprint density at radius 1 is 1.25 bits per heavy atom. The fourth-order valence-corrected chi connectivity index (χ4v) is 2.57. The molecule has 1 aromatic rings. The second-order valence-electron chi connectivity index (χ2n) is 4.48. The van der Waals surface area contributed by atoms with Crippen LogP contribution in [0.25, 0.3) is 0 Å². The van der Waals surface area contributed by atoms with E-state index in [-0.39, 0.29) is 0 Å². The van der Waals surface area contributed by atoms with Crippen molar-refractivity contribution < 1.29 is 13.5 Å². The Morgan fingerprint density at radius 2 is 1.81 bits per heavy atom. The van der Waals surface area contributed by atoms with E-state index in [1.807, 2.05) is 0 Å². The molecule has 1 saturated carbocycles. The lowest BCUT2D eigenvalue weighted by Gasteiger charge is -2.30. The van der Waals surface area contributed by atoms with Gasteiger partial charge < -0.3 is 5.11 Å². The minimum atomic E-state index is -3.14. The van der Waals surface area contributed by atoms with Gasteiger partial charge in [-0.3, -0.25) is 0 Å². The molecule has 0 aromatic heterocycles. The highest BCUT2D eigenvalue weighted by atomic mass is 32.2. The molecule has 0 aliphatic heterocycles. The minimum absolute atomic E-state index is 0.303. The second kappa shape index (κ2) is 4.18. The fourth-order valence-electron chi connectivity index (χ4n) is 1.94. The zero-order valence-electron chi connectivity index (χ0n) is 9.26. The molecule has 2 rings (SSSR count). The van der Waals surface area contributed by atoms with Crippen molar-refractivity contribution in [2.45, 2.75) is 30.3 Å². The molecule has 0 saturated heterocycles. The average molecular weight is 240 g/mol. The maximum atomic E-state index is 11.3. The van der Waals surface area contributed by atoms with Crippen LogP contribution in [0.15, 0.2) is 29.2 Å². The second-order valence-corrected chi connectivity index (χ2v) is 6.49. The summed E-state index contributed by atoms with van der Waals surface area (Å²) in [6.45, 7) is 0. The lowest BCUT2D eigenvalue weighted by atomic mass is 9.79. The number of aliphatic hydroxyl groups is 1. The summed E-state index contributed by atoms with van der Waals surface area (Å²) in [5, 5.41) is 9.98. The summed E-state index contributed by atoms with van der Waals surface area (Å²) >= 11 is 0. The van der Waals surface area contributed by atoms with Crippen LogP contribution in [0.3, 0.4) is 0 Å². The lowest BCUT2D eigenvalue weighted by Crippen LogP contribution is -2.19. The van der Waals surface area contributed by atoms with Crippen LogP contribution >= 0.6 is 0 Å². The van der Waals surface area contributed by atoms with Crippen LogP contribution in [0, 0.1) is 5.92 Å². The van der Waals surface area contributed by atoms with Crippen molar-refractivity contribution in [1.82, 2.24) is 0 Å². The highest BCUT2D eigenvalue weighted by Crippen LogP contribution is 2.37. The molecule has 0 bridgehead atoms. The van der Waals surface area contributed by atoms with Crippen molar-refractivity contribution in [2.75, 3.05) is 6.26 Å². The van der Waals surface area contributed by atoms with Crippen molar-refractivity contribution in [3.63, 3.8) is 0 Å². The molecule has 0 amide bonds. The van der Waals surface area contributed by atoms with E-state index in [9.17, 15) is 13.5 Å². The molecular formula is C12H16O3S. The van der Waals surface area contributed by atoms with E-state index in [4.69, 9.17) is 0 Å². The maximum Gasteiger partial charge on any atom is 0.175 e. The number of benzene rings is 1. The Kier molecular flexibility index (Phi) is 3.04. The fraction of sp³-hybridized carbons (Fsp3) is 0.500. The summed E-state index contributed by atoms with van der Waals surface area (Å²) in [7, 11) is -3.14. The summed E-state index contributed by atoms with van der Waals surface area (Å²) in [6, 6.07) is 6.54. The van der Waals surface area contributed by atoms with Crippen LogP contribution in [-0.4, -0.2) is 19.8 Å². The Labute approximate surface area is 96.0 Å². The van der Waals surface area contributed by atoms with E-state index < -0.39 is 15.9 Å². The van der Waals surface area contributed by atoms with Gasteiger partial charge in [-0.2, -0.15) is 0 Å². The minimum Gasteiger partial charge on any atom is -0.388 e. The molecule has 1 unspecified atom stereocenters. The van der Waals surface area contributed by atoms with Gasteiger partial charge in [0, 0.05) is 6.26 Å². The van der Waals surface area contributed by atoms with Gasteiger partial charge in [0.1, 0.15) is 0 Å². The van der Waals surface area contributed by atoms with E-state index >= 15 is 0 Å². The summed E-state index contributed by atoms with van der Waals surface area (Å²) in [5.41, 5.74) is 0.817. The zero-order valence-corrected chi connectivity index (χ0v) is 10.1. The van der Waals surface area contributed by atoms with Gasteiger partial charge in [-0.05, 0) is 36.5 Å². The SMILES string of the molecule is CS(=O)(=O)c1ccc(C(O)C2CCC2)cc1. The number of hydrogen-bond acceptors (Lipinski definition) is 3. The number of rotatable bonds is 3. The Hall–Kier alpha value is -0.870. The van der Waals surface area contributed by atoms with Gasteiger partial charge in [-0.25, -0.2) is 8.42 Å². The van der Waals surface area contributed by atoms with Crippen molar-refractivity contribution in [1.29, 1.82) is 0 Å². The molecule has 16 heavy (non-hydrogen) atoms. The van der Waals surface area contributed by atoms with Gasteiger partial charge in [0.2, 0.25) is 0 Å². The molecule has 1 atom stereocenters. The summed E-state index contributed by atoms with van der Waals surface area (Å²) in [4.78, 5) is 0.303. The quantitative estimate of drug-likeness (QED) is 0.878. The standard InChI is InChI=1S/C12H16O3S/c1-16(14,15)11-7-5-10(6-8-11)12(13)9-3-2-4-9/h5-9,12-13H,2-4H2,1H3. The van der Waals surface area contributed by atoms with E-state index in [0.29, 0.717) is 10.8 Å². The summed E-state index contributed by atoms with van der Waals surface area (Å²) in [6.07, 6.45) is 4.06. The van der Waals surface area contributed by atoms with Gasteiger partial charge in [0.15, 0.2) is 9.84 Å². The van der Waals surface area contributed by atoms with Gasteiger partial charge in [-0.15, -0.1) is 0 Å². The smallest absolute Gasteiger partial charge is 0.175 e. The van der Waals surface area contributed by atoms with Gasteiger partial charge >= 0.3 is 0 Å². The summed E-state index contributed by atoms with van der Waals surface area (Å²) < 4.78 is 22.5. The molecule has 4 heteroatoms. The van der Waals surface area contributed by atoms with E-state index in [2.05, 4.69) is 0 Å². The molecular weight excluding hydrogens is 224 g/mol. The molecule has 0 radical (unpaired) electrons. The van der Waals surface area contributed by atoms with Crippen molar-refractivity contribution in [3.05, 3.63) is 29.8 Å². The first-order valence-electron chi connectivity index (χ1n) is 5.46. The van der Waals surface area contributed by atoms with Crippen LogP contribution in [0.4, 0.5) is 0 Å². The molecule has 1 N–H and O–H groups in total. The van der Waals surface area contributed by atoms with E-state index in [1.165, 1.54) is 12.7 Å². The zero-order chi connectivity index (χ0) is 11.8. The van der Waals surface area contributed by atoms with Crippen molar-refractivity contribution in [2.24, 2.45) is 5.92 Å². The van der Waals surface area contributed by atoms with Crippen LogP contribution < -0.4 is 0 Å². The van der Waals surface area contributed by atoms with E-state index in [0.717, 1.165) is 18.4 Å². The lowest BCUT2D eigenvalue weighted by molar-refractivity contribution is 0.0620. The maximum absolute atomic E-state index is 11.3. The van der Waals surface area contributed by atoms with Crippen LogP contribution in [0.2, 0.25) is 0 Å². The third-order valence-corrected chi connectivity index (χ3v) is 4.37. The topological polar surface area (TPSA) is 54.4 Å². The number of aliphatic hydroxyl groups excluding tert-OH is 1. The normalized spacial score (nSPS) is 19.1. The van der Waals surface area contributed by atoms with Gasteiger partial charge in [-0.1, -0.05) is 18.6 Å². The third kappa shape index (κ3) is 2.28. The summed E-state index contributed by atoms with van der Waals surface area (Å²) in [5.74, 6) is 0.351. The highest BCUT2D eigenvalue weighted by Gasteiger charge is 2.26. The largest absolute Gasteiger partial charge is 0.388 e. The molecule has 1 fully saturated rings. The molecule has 3 nitrogen and oxygen atoms in total. The monoisotopic (exact) mass is 240 g/mol. The van der Waals surface area contributed by atoms with Crippen LogP contribution in [0.1, 0.15) is 30.9 Å². The number of hydrogen-bond donors (Lipinski definition) is 1. The highest BCUT2D eigenvalue weighted by molar-refractivity contribution is 7.90. The molecule has 1 aromatic carbocycles. The van der Waals surface area contributed by atoms with E-state index in [1.54, 1.807) is 24.3 Å². The Bertz CT molecular complexity index is 458. The first kappa shape index (κ1) is 11.6. The predicted octanol–water partition coefficient (Wildman–Crippen LogP) is 1.92.